The molecule has 5 aliphatic rings. The van der Waals surface area contributed by atoms with Crippen LogP contribution in [0.4, 0.5) is 0 Å². The van der Waals surface area contributed by atoms with E-state index >= 15 is 0 Å². The van der Waals surface area contributed by atoms with E-state index in [-0.39, 0.29) is 146 Å². The molecule has 0 amide bonds. The first-order valence-corrected chi connectivity index (χ1v) is 18.8. The van der Waals surface area contributed by atoms with Crippen LogP contribution in [0.15, 0.2) is 12.2 Å². The van der Waals surface area contributed by atoms with Gasteiger partial charge in [0.15, 0.2) is 12.4 Å². The van der Waals surface area contributed by atoms with Gasteiger partial charge in [-0.2, -0.15) is 0 Å². The number of hydrogen-bond acceptors (Lipinski definition) is 15. The van der Waals surface area contributed by atoms with Crippen LogP contribution in [0.5, 0.6) is 0 Å². The van der Waals surface area contributed by atoms with Crippen LogP contribution in [-0.4, -0.2) is 103 Å². The molecule has 0 aromatic heterocycles. The predicted molar refractivity (Wildman–Crippen MR) is 159 cm³/mol. The number of carbonyl (C=O) groups excluding carboxylic acids is 1. The van der Waals surface area contributed by atoms with Gasteiger partial charge in [-0.3, -0.25) is 18.0 Å². The van der Waals surface area contributed by atoms with Gasteiger partial charge in [0.1, 0.15) is 18.3 Å². The minimum Gasteiger partial charge on any atom is -0.726 e. The Balaban J connectivity index is 0.00000338. The molecule has 16 nitrogen and oxygen atoms in total. The van der Waals surface area contributed by atoms with E-state index in [9.17, 15) is 50.8 Å². The normalized spacial score (nSPS) is 41.3. The van der Waals surface area contributed by atoms with Crippen molar-refractivity contribution in [1.29, 1.82) is 0 Å². The van der Waals surface area contributed by atoms with Gasteiger partial charge in [-0.15, -0.1) is 0 Å². The molecule has 3 N–H and O–H groups in total. The Hall–Kier alpha value is 1.53. The van der Waals surface area contributed by atoms with Gasteiger partial charge in [0.25, 0.3) is 0 Å². The van der Waals surface area contributed by atoms with Gasteiger partial charge in [-0.05, 0) is 79.6 Å². The maximum Gasteiger partial charge on any atom is 1.00 e. The third-order valence-corrected chi connectivity index (χ3v) is 12.4. The van der Waals surface area contributed by atoms with Gasteiger partial charge in [0.2, 0.25) is 20.8 Å². The number of aliphatic hydroxyl groups excluding tert-OH is 2. The maximum absolute atomic E-state index is 12.9. The van der Waals surface area contributed by atoms with Crippen molar-refractivity contribution in [2.45, 2.75) is 115 Å². The van der Waals surface area contributed by atoms with Crippen molar-refractivity contribution in [1.82, 2.24) is 0 Å². The smallest absolute Gasteiger partial charge is 0.726 e. The number of aliphatic hydroxyl groups is 2. The molecule has 1 aliphatic heterocycles. The van der Waals surface area contributed by atoms with E-state index in [0.717, 1.165) is 24.8 Å². The molecule has 4 aliphatic carbocycles. The number of carbonyl (C=O) groups is 2. The number of carboxylic acids is 1. The van der Waals surface area contributed by atoms with Crippen molar-refractivity contribution in [2.24, 2.45) is 40.4 Å². The first-order valence-electron chi connectivity index (χ1n) is 16.2. The van der Waals surface area contributed by atoms with E-state index in [2.05, 4.69) is 14.9 Å². The second kappa shape index (κ2) is 17.4. The summed E-state index contributed by atoms with van der Waals surface area (Å²) in [5.74, 6) is -3.38. The van der Waals surface area contributed by atoms with E-state index < -0.39 is 99.0 Å². The van der Waals surface area contributed by atoms with E-state index in [4.69, 9.17) is 14.2 Å². The molecule has 0 unspecified atom stereocenters. The van der Waals surface area contributed by atoms with Crippen LogP contribution in [0.2, 0.25) is 0 Å². The Morgan fingerprint density at radius 3 is 2.20 bits per heavy atom. The minimum absolute atomic E-state index is 0. The van der Waals surface area contributed by atoms with Gasteiger partial charge >= 0.3 is 115 Å². The molecule has 50 heavy (non-hydrogen) atoms. The summed E-state index contributed by atoms with van der Waals surface area (Å²) in [6.45, 7) is 8.41. The molecular weight excluding hydrogens is 759 g/mol. The zero-order chi connectivity index (χ0) is 35.6. The van der Waals surface area contributed by atoms with E-state index in [1.54, 1.807) is 13.8 Å². The first-order chi connectivity index (χ1) is 22.2. The summed E-state index contributed by atoms with van der Waals surface area (Å²) >= 11 is 0. The molecule has 0 aromatic rings. The van der Waals surface area contributed by atoms with Crippen LogP contribution in [-0.2, 0) is 53.0 Å². The Morgan fingerprint density at radius 1 is 1.02 bits per heavy atom. The summed E-state index contributed by atoms with van der Waals surface area (Å²) in [7, 11) is -11.3. The van der Waals surface area contributed by atoms with Crippen molar-refractivity contribution in [3.8, 4) is 0 Å². The van der Waals surface area contributed by atoms with Crippen LogP contribution < -0.4 is 103 Å². The number of hydrogen-bond donors (Lipinski definition) is 3. The van der Waals surface area contributed by atoms with Gasteiger partial charge in [-0.25, -0.2) is 16.8 Å². The van der Waals surface area contributed by atoms with Crippen LogP contribution in [0, 0.1) is 40.4 Å². The molecule has 5 rings (SSSR count). The van der Waals surface area contributed by atoms with E-state index in [1.165, 1.54) is 0 Å². The number of fused-ring (bicyclic) bond motifs is 3. The molecule has 0 radical (unpaired) electrons. The number of aliphatic carboxylic acids is 1. The van der Waals surface area contributed by atoms with Crippen LogP contribution in [0.1, 0.15) is 72.1 Å². The second-order valence-electron chi connectivity index (χ2n) is 14.8. The summed E-state index contributed by atoms with van der Waals surface area (Å²) in [5.41, 5.74) is -0.359. The molecule has 1 spiro atoms. The third-order valence-electron chi connectivity index (χ3n) is 11.5. The van der Waals surface area contributed by atoms with Gasteiger partial charge in [0, 0.05) is 11.8 Å². The maximum atomic E-state index is 12.9. The molecule has 20 heteroatoms. The van der Waals surface area contributed by atoms with Crippen molar-refractivity contribution >= 4 is 32.7 Å². The van der Waals surface area contributed by atoms with Gasteiger partial charge in [-0.1, -0.05) is 27.4 Å². The number of carboxylic acid groups (broad SMARTS) is 1. The van der Waals surface area contributed by atoms with E-state index in [1.807, 2.05) is 6.92 Å². The Kier molecular flexibility index (Phi) is 15.9. The summed E-state index contributed by atoms with van der Waals surface area (Å²) in [6.07, 6.45) is -8.49. The molecule has 4 saturated carbocycles. The monoisotopic (exact) mass is 802 g/mol. The number of rotatable bonds is 11. The Labute approximate surface area is 377 Å². The Morgan fingerprint density at radius 2 is 1.64 bits per heavy atom. The minimum atomic E-state index is -5.69. The van der Waals surface area contributed by atoms with Gasteiger partial charge < -0.3 is 38.6 Å². The fourth-order valence-electron chi connectivity index (χ4n) is 9.81. The largest absolute Gasteiger partial charge is 1.00 e. The standard InChI is InChI=1S/C30H46O16S2.2K/c1-14(2)9-22(32)44-25-24(46-48(39,40)41)23(45-47(36,37)38)20(13-31)43-28(25)42-17-10-18(27(34)35)19-7-8-30-11-16(15(3)26(30)33)5-6-21(30)29(19,4)12-17;;/h14,16-21,23-26,28,31,33H,3,5-13H2,1-2,4H3,(H,34,35)(H,36,37,38)(H,39,40,41);;/q;2*+1/p-2/t16-,17-,18-,19-,20+,21+,23-,24-,25+,26+,28+,29-,30-;;/m1../s1. The molecule has 274 valence electrons. The van der Waals surface area contributed by atoms with Crippen molar-refractivity contribution < 1.29 is 176 Å². The average Bonchev–Trinajstić information content (AvgIpc) is 3.12. The summed E-state index contributed by atoms with van der Waals surface area (Å²) in [6, 6.07) is 0. The topological polar surface area (TPSA) is 255 Å². The molecule has 2 bridgehead atoms. The van der Waals surface area contributed by atoms with Crippen LogP contribution in [0.3, 0.4) is 0 Å². The predicted octanol–water partition coefficient (Wildman–Crippen LogP) is -5.01. The molecule has 13 atom stereocenters. The molecular formula is C30H44K2O16S2. The van der Waals surface area contributed by atoms with Crippen molar-refractivity contribution in [3.05, 3.63) is 12.2 Å². The molecule has 5 fully saturated rings. The summed E-state index contributed by atoms with van der Waals surface area (Å²) < 4.78 is 96.9. The van der Waals surface area contributed by atoms with Crippen molar-refractivity contribution in [3.63, 3.8) is 0 Å². The van der Waals surface area contributed by atoms with E-state index in [0.29, 0.717) is 12.8 Å². The summed E-state index contributed by atoms with van der Waals surface area (Å²) in [5, 5.41) is 31.9. The first kappa shape index (κ1) is 45.9. The van der Waals surface area contributed by atoms with Crippen LogP contribution in [0.25, 0.3) is 0 Å². The fraction of sp³-hybridized carbons (Fsp3) is 0.867. The zero-order valence-electron chi connectivity index (χ0n) is 29.0. The van der Waals surface area contributed by atoms with Crippen LogP contribution >= 0.6 is 0 Å². The number of esters is 1. The van der Waals surface area contributed by atoms with Crippen molar-refractivity contribution in [2.75, 3.05) is 6.61 Å². The zero-order valence-corrected chi connectivity index (χ0v) is 36.8. The second-order valence-corrected chi connectivity index (χ2v) is 16.8. The van der Waals surface area contributed by atoms with Gasteiger partial charge in [0.05, 0.1) is 24.7 Å². The fourth-order valence-corrected chi connectivity index (χ4v) is 10.8. The quantitative estimate of drug-likeness (QED) is 0.0442. The molecule has 0 aromatic carbocycles. The summed E-state index contributed by atoms with van der Waals surface area (Å²) in [4.78, 5) is 25.6. The molecule has 1 heterocycles. The third kappa shape index (κ3) is 9.55. The molecule has 1 saturated heterocycles. The SMILES string of the molecule is C=C1[C@@H]2CC[C@H]3[C@]4(C)C[C@H](O[C@H]5O[C@@H](CO)[C@@H](OS(=O)(=O)[O-])[C@@H](OS(=O)(=O)[O-])[C@@H]5OC(=O)CC(C)C)C[C@@H](C(=O)O)[C@H]4CC[C@]3(C2)[C@H]1O.[K+].[K+]. The Bertz CT molecular complexity index is 1490. The number of ether oxygens (including phenoxy) is 3. The average molecular weight is 803 g/mol.